The van der Waals surface area contributed by atoms with Gasteiger partial charge in [0.15, 0.2) is 5.82 Å². The van der Waals surface area contributed by atoms with Crippen LogP contribution in [-0.2, 0) is 21.4 Å². The summed E-state index contributed by atoms with van der Waals surface area (Å²) >= 11 is 0. The number of nitrogens with zero attached hydrogens (tertiary/aromatic N) is 4. The number of aromatic nitrogens is 2. The fraction of sp³-hybridized carbons (Fsp3) is 0.538. The normalized spacial score (nSPS) is 23.3. The summed E-state index contributed by atoms with van der Waals surface area (Å²) in [5.74, 6) is 1.15. The largest absolute Gasteiger partial charge is 0.342 e. The lowest BCUT2D eigenvalue weighted by Crippen LogP contribution is -2.48. The SMILES string of the molecule is O=C1CCCCCN1CCC(=O)N1CCCC2(CCc3cnc(-c4ccccc4)nc32)C1. The highest BCUT2D eigenvalue weighted by molar-refractivity contribution is 5.79. The van der Waals surface area contributed by atoms with Crippen LogP contribution in [0.1, 0.15) is 62.6 Å². The Bertz CT molecular complexity index is 989. The average Bonchev–Trinajstić information content (AvgIpc) is 3.03. The third-order valence-corrected chi connectivity index (χ3v) is 7.47. The number of hydrogen-bond acceptors (Lipinski definition) is 4. The minimum atomic E-state index is -0.0614. The molecule has 1 atom stereocenters. The first-order chi connectivity index (χ1) is 15.6. The molecule has 2 saturated heterocycles. The van der Waals surface area contributed by atoms with Crippen molar-refractivity contribution in [1.82, 2.24) is 19.8 Å². The Labute approximate surface area is 190 Å². The fourth-order valence-corrected chi connectivity index (χ4v) is 5.67. The van der Waals surface area contributed by atoms with Crippen molar-refractivity contribution in [2.75, 3.05) is 26.2 Å². The lowest BCUT2D eigenvalue weighted by molar-refractivity contribution is -0.135. The number of piperidine rings is 1. The number of aryl methyl sites for hydroxylation is 1. The summed E-state index contributed by atoms with van der Waals surface area (Å²) in [4.78, 5) is 39.0. The molecule has 5 rings (SSSR count). The Balaban J connectivity index is 1.30. The monoisotopic (exact) mass is 432 g/mol. The summed E-state index contributed by atoms with van der Waals surface area (Å²) in [6, 6.07) is 10.1. The van der Waals surface area contributed by atoms with Crippen LogP contribution in [0.2, 0.25) is 0 Å². The summed E-state index contributed by atoms with van der Waals surface area (Å²) in [7, 11) is 0. The molecule has 1 aliphatic carbocycles. The Morgan fingerprint density at radius 2 is 1.88 bits per heavy atom. The van der Waals surface area contributed by atoms with Crippen LogP contribution in [0.5, 0.6) is 0 Å². The first kappa shape index (κ1) is 21.1. The third-order valence-electron chi connectivity index (χ3n) is 7.47. The van der Waals surface area contributed by atoms with Crippen molar-refractivity contribution in [3.63, 3.8) is 0 Å². The molecule has 0 bridgehead atoms. The van der Waals surface area contributed by atoms with E-state index in [1.54, 1.807) is 0 Å². The predicted octanol–water partition coefficient (Wildman–Crippen LogP) is 3.74. The van der Waals surface area contributed by atoms with E-state index in [1.165, 1.54) is 5.56 Å². The molecule has 0 radical (unpaired) electrons. The summed E-state index contributed by atoms with van der Waals surface area (Å²) in [5.41, 5.74) is 3.35. The Hall–Kier alpha value is -2.76. The zero-order chi connectivity index (χ0) is 22.0. The van der Waals surface area contributed by atoms with Crippen molar-refractivity contribution in [2.45, 2.75) is 63.2 Å². The average molecular weight is 433 g/mol. The van der Waals surface area contributed by atoms with E-state index >= 15 is 0 Å². The van der Waals surface area contributed by atoms with Crippen LogP contribution in [0.4, 0.5) is 0 Å². The summed E-state index contributed by atoms with van der Waals surface area (Å²) in [5, 5.41) is 0. The van der Waals surface area contributed by atoms with Gasteiger partial charge >= 0.3 is 0 Å². The van der Waals surface area contributed by atoms with E-state index in [0.717, 1.165) is 81.7 Å². The van der Waals surface area contributed by atoms with Gasteiger partial charge in [0.2, 0.25) is 11.8 Å². The molecule has 168 valence electrons. The fourth-order valence-electron chi connectivity index (χ4n) is 5.67. The van der Waals surface area contributed by atoms with Gasteiger partial charge in [-0.1, -0.05) is 36.8 Å². The van der Waals surface area contributed by atoms with Gasteiger partial charge in [0, 0.05) is 56.2 Å². The number of carbonyl (C=O) groups excluding carboxylic acids is 2. The van der Waals surface area contributed by atoms with Crippen LogP contribution in [0.3, 0.4) is 0 Å². The van der Waals surface area contributed by atoms with Crippen molar-refractivity contribution >= 4 is 11.8 Å². The maximum atomic E-state index is 13.1. The molecule has 0 N–H and O–H groups in total. The maximum absolute atomic E-state index is 13.1. The minimum absolute atomic E-state index is 0.0614. The van der Waals surface area contributed by atoms with E-state index in [2.05, 4.69) is 4.98 Å². The van der Waals surface area contributed by atoms with Crippen molar-refractivity contribution in [3.8, 4) is 11.4 Å². The molecule has 1 aromatic carbocycles. The molecule has 1 aromatic heterocycles. The van der Waals surface area contributed by atoms with Gasteiger partial charge < -0.3 is 9.80 Å². The van der Waals surface area contributed by atoms with Gasteiger partial charge in [-0.15, -0.1) is 0 Å². The maximum Gasteiger partial charge on any atom is 0.224 e. The molecule has 1 spiro atoms. The second-order valence-corrected chi connectivity index (χ2v) is 9.57. The molecule has 3 aliphatic rings. The van der Waals surface area contributed by atoms with Crippen molar-refractivity contribution in [1.29, 1.82) is 0 Å². The summed E-state index contributed by atoms with van der Waals surface area (Å²) in [6.45, 7) is 2.89. The lowest BCUT2D eigenvalue weighted by atomic mass is 9.77. The molecule has 3 heterocycles. The van der Waals surface area contributed by atoms with Crippen LogP contribution in [0.15, 0.2) is 36.5 Å². The highest BCUT2D eigenvalue weighted by atomic mass is 16.2. The van der Waals surface area contributed by atoms with Crippen LogP contribution < -0.4 is 0 Å². The van der Waals surface area contributed by atoms with Crippen LogP contribution in [0.25, 0.3) is 11.4 Å². The number of benzene rings is 1. The molecule has 32 heavy (non-hydrogen) atoms. The molecule has 2 aliphatic heterocycles. The first-order valence-electron chi connectivity index (χ1n) is 12.1. The number of fused-ring (bicyclic) bond motifs is 2. The van der Waals surface area contributed by atoms with Crippen LogP contribution in [0, 0.1) is 0 Å². The van der Waals surface area contributed by atoms with Crippen LogP contribution >= 0.6 is 0 Å². The number of rotatable bonds is 4. The van der Waals surface area contributed by atoms with Crippen molar-refractivity contribution in [2.24, 2.45) is 0 Å². The number of amides is 2. The third kappa shape index (κ3) is 4.15. The second-order valence-electron chi connectivity index (χ2n) is 9.57. The van der Waals surface area contributed by atoms with E-state index in [9.17, 15) is 9.59 Å². The van der Waals surface area contributed by atoms with Crippen LogP contribution in [-0.4, -0.2) is 57.8 Å². The van der Waals surface area contributed by atoms with Crippen molar-refractivity contribution in [3.05, 3.63) is 47.8 Å². The van der Waals surface area contributed by atoms with E-state index in [0.29, 0.717) is 19.4 Å². The highest BCUT2D eigenvalue weighted by Gasteiger charge is 2.44. The van der Waals surface area contributed by atoms with Gasteiger partial charge in [-0.25, -0.2) is 9.97 Å². The van der Waals surface area contributed by atoms with Gasteiger partial charge in [0.05, 0.1) is 5.69 Å². The van der Waals surface area contributed by atoms with Gasteiger partial charge in [-0.05, 0) is 44.1 Å². The van der Waals surface area contributed by atoms with Gasteiger partial charge in [-0.3, -0.25) is 9.59 Å². The molecule has 2 aromatic rings. The van der Waals surface area contributed by atoms with E-state index < -0.39 is 0 Å². The van der Waals surface area contributed by atoms with Gasteiger partial charge in [-0.2, -0.15) is 0 Å². The Morgan fingerprint density at radius 3 is 2.75 bits per heavy atom. The number of carbonyl (C=O) groups is 2. The molecule has 0 saturated carbocycles. The standard InChI is InChI=1S/C26H32N4O2/c31-22-10-5-2-6-15-29(22)17-12-23(32)30-16-7-13-26(19-30)14-11-21-18-27-25(28-24(21)26)20-8-3-1-4-9-20/h1,3-4,8-9,18H,2,5-7,10-17,19H2. The van der Waals surface area contributed by atoms with Gasteiger partial charge in [0.25, 0.3) is 0 Å². The highest BCUT2D eigenvalue weighted by Crippen LogP contribution is 2.44. The van der Waals surface area contributed by atoms with E-state index in [1.807, 2.05) is 46.3 Å². The molecule has 6 nitrogen and oxygen atoms in total. The Kier molecular flexibility index (Phi) is 5.94. The van der Waals surface area contributed by atoms with Gasteiger partial charge in [0.1, 0.15) is 0 Å². The number of hydrogen-bond donors (Lipinski definition) is 0. The zero-order valence-corrected chi connectivity index (χ0v) is 18.8. The lowest BCUT2D eigenvalue weighted by Gasteiger charge is -2.41. The molecular formula is C26H32N4O2. The smallest absolute Gasteiger partial charge is 0.224 e. The van der Waals surface area contributed by atoms with E-state index in [-0.39, 0.29) is 17.2 Å². The molecule has 2 fully saturated rings. The minimum Gasteiger partial charge on any atom is -0.342 e. The first-order valence-corrected chi connectivity index (χ1v) is 12.1. The topological polar surface area (TPSA) is 66.4 Å². The van der Waals surface area contributed by atoms with Crippen molar-refractivity contribution < 1.29 is 9.59 Å². The molecule has 1 unspecified atom stereocenters. The molecule has 2 amide bonds. The quantitative estimate of drug-likeness (QED) is 0.738. The molecular weight excluding hydrogens is 400 g/mol. The zero-order valence-electron chi connectivity index (χ0n) is 18.8. The predicted molar refractivity (Wildman–Crippen MR) is 123 cm³/mol. The summed E-state index contributed by atoms with van der Waals surface area (Å²) < 4.78 is 0. The summed E-state index contributed by atoms with van der Waals surface area (Å²) in [6.07, 6.45) is 10.3. The number of likely N-dealkylation sites (tertiary alicyclic amines) is 2. The molecule has 6 heteroatoms. The van der Waals surface area contributed by atoms with E-state index in [4.69, 9.17) is 4.98 Å². The Morgan fingerprint density at radius 1 is 1.00 bits per heavy atom. The second kappa shape index (κ2) is 9.00.